The normalized spacial score (nSPS) is 16.6. The van der Waals surface area contributed by atoms with E-state index in [-0.39, 0.29) is 24.3 Å². The third-order valence-corrected chi connectivity index (χ3v) is 8.19. The standard InChI is InChI=1S/C32H36N4O3/c1-4-25-11-13-26(14-12-25)30(38)34-18-16-32(17-19-34)31(39)35(22-36(32)28-8-6-5-7-9-28)21-29(37)33-27-15-10-23(2)24(3)20-27/h5-15,20H,4,16-19,21-22H2,1-3H3,(H,33,37). The number of carbonyl (C=O) groups is 3. The minimum absolute atomic E-state index is 0.00571. The van der Waals surface area contributed by atoms with E-state index in [4.69, 9.17) is 0 Å². The highest BCUT2D eigenvalue weighted by Gasteiger charge is 2.54. The summed E-state index contributed by atoms with van der Waals surface area (Å²) < 4.78 is 0. The number of likely N-dealkylation sites (tertiary alicyclic amines) is 1. The van der Waals surface area contributed by atoms with Gasteiger partial charge in [0.05, 0.1) is 6.67 Å². The van der Waals surface area contributed by atoms with E-state index < -0.39 is 5.54 Å². The van der Waals surface area contributed by atoms with Crippen LogP contribution in [0.3, 0.4) is 0 Å². The number of para-hydroxylation sites is 1. The van der Waals surface area contributed by atoms with Gasteiger partial charge in [0.15, 0.2) is 0 Å². The van der Waals surface area contributed by atoms with Gasteiger partial charge in [0.1, 0.15) is 12.1 Å². The molecule has 1 spiro atoms. The Kier molecular flexibility index (Phi) is 7.42. The maximum Gasteiger partial charge on any atom is 0.253 e. The van der Waals surface area contributed by atoms with Crippen molar-refractivity contribution in [2.45, 2.75) is 45.6 Å². The quantitative estimate of drug-likeness (QED) is 0.504. The number of hydrogen-bond acceptors (Lipinski definition) is 4. The second-order valence-corrected chi connectivity index (χ2v) is 10.6. The fraction of sp³-hybridized carbons (Fsp3) is 0.344. The van der Waals surface area contributed by atoms with Crippen LogP contribution in [0.15, 0.2) is 72.8 Å². The van der Waals surface area contributed by atoms with Crippen LogP contribution in [0.1, 0.15) is 46.8 Å². The van der Waals surface area contributed by atoms with Crippen LogP contribution in [0.5, 0.6) is 0 Å². The highest BCUT2D eigenvalue weighted by atomic mass is 16.2. The average Bonchev–Trinajstić information content (AvgIpc) is 3.21. The maximum atomic E-state index is 14.0. The molecular formula is C32H36N4O3. The SMILES string of the molecule is CCc1ccc(C(=O)N2CCC3(CC2)C(=O)N(CC(=O)Nc2ccc(C)c(C)c2)CN3c2ccccc2)cc1. The van der Waals surface area contributed by atoms with Gasteiger partial charge in [0.25, 0.3) is 11.8 Å². The molecule has 7 nitrogen and oxygen atoms in total. The van der Waals surface area contributed by atoms with Crippen LogP contribution in [0.2, 0.25) is 0 Å². The molecule has 0 radical (unpaired) electrons. The molecule has 0 aliphatic carbocycles. The lowest BCUT2D eigenvalue weighted by molar-refractivity contribution is -0.136. The number of aryl methyl sites for hydroxylation is 3. The summed E-state index contributed by atoms with van der Waals surface area (Å²) in [6, 6.07) is 23.4. The molecule has 202 valence electrons. The van der Waals surface area contributed by atoms with Crippen molar-refractivity contribution in [1.82, 2.24) is 9.80 Å². The molecule has 2 heterocycles. The predicted octanol–water partition coefficient (Wildman–Crippen LogP) is 4.79. The van der Waals surface area contributed by atoms with Crippen LogP contribution in [-0.2, 0) is 16.0 Å². The minimum Gasteiger partial charge on any atom is -0.339 e. The molecule has 0 atom stereocenters. The number of carbonyl (C=O) groups excluding carboxylic acids is 3. The summed E-state index contributed by atoms with van der Waals surface area (Å²) in [5.74, 6) is -0.283. The zero-order chi connectivity index (χ0) is 27.6. The van der Waals surface area contributed by atoms with Gasteiger partial charge in [-0.05, 0) is 86.2 Å². The van der Waals surface area contributed by atoms with Gasteiger partial charge in [0.2, 0.25) is 5.91 Å². The van der Waals surface area contributed by atoms with Crippen molar-refractivity contribution in [1.29, 1.82) is 0 Å². The molecule has 2 aliphatic rings. The molecule has 7 heteroatoms. The van der Waals surface area contributed by atoms with Crippen molar-refractivity contribution >= 4 is 29.1 Å². The van der Waals surface area contributed by atoms with E-state index in [9.17, 15) is 14.4 Å². The molecule has 0 saturated carbocycles. The van der Waals surface area contributed by atoms with Gasteiger partial charge in [-0.1, -0.05) is 43.3 Å². The summed E-state index contributed by atoms with van der Waals surface area (Å²) in [5, 5.41) is 2.95. The maximum absolute atomic E-state index is 14.0. The van der Waals surface area contributed by atoms with Gasteiger partial charge in [0, 0.05) is 30.0 Å². The first-order valence-electron chi connectivity index (χ1n) is 13.7. The lowest BCUT2D eigenvalue weighted by Crippen LogP contribution is -2.57. The third kappa shape index (κ3) is 5.26. The Labute approximate surface area is 230 Å². The van der Waals surface area contributed by atoms with Crippen molar-refractivity contribution in [2.75, 3.05) is 36.5 Å². The Morgan fingerprint density at radius 1 is 0.897 bits per heavy atom. The smallest absolute Gasteiger partial charge is 0.253 e. The van der Waals surface area contributed by atoms with Gasteiger partial charge in [-0.15, -0.1) is 0 Å². The fourth-order valence-electron chi connectivity index (χ4n) is 5.66. The molecular weight excluding hydrogens is 488 g/mol. The first kappa shape index (κ1) is 26.5. The molecule has 2 aliphatic heterocycles. The summed E-state index contributed by atoms with van der Waals surface area (Å²) in [4.78, 5) is 45.8. The zero-order valence-corrected chi connectivity index (χ0v) is 22.9. The van der Waals surface area contributed by atoms with E-state index in [1.54, 1.807) is 4.90 Å². The van der Waals surface area contributed by atoms with Crippen LogP contribution in [0.25, 0.3) is 0 Å². The lowest BCUT2D eigenvalue weighted by atomic mass is 9.85. The summed E-state index contributed by atoms with van der Waals surface area (Å²) in [6.07, 6.45) is 1.95. The largest absolute Gasteiger partial charge is 0.339 e. The first-order chi connectivity index (χ1) is 18.8. The van der Waals surface area contributed by atoms with Gasteiger partial charge in [-0.25, -0.2) is 0 Å². The second-order valence-electron chi connectivity index (χ2n) is 10.6. The van der Waals surface area contributed by atoms with E-state index >= 15 is 0 Å². The highest BCUT2D eigenvalue weighted by molar-refractivity contribution is 6.00. The van der Waals surface area contributed by atoms with Crippen molar-refractivity contribution in [3.8, 4) is 0 Å². The molecule has 2 saturated heterocycles. The van der Waals surface area contributed by atoms with Gasteiger partial charge in [-0.3, -0.25) is 14.4 Å². The van der Waals surface area contributed by atoms with Crippen LogP contribution in [-0.4, -0.2) is 59.4 Å². The number of hydrogen-bond donors (Lipinski definition) is 1. The van der Waals surface area contributed by atoms with E-state index in [1.807, 2.05) is 91.5 Å². The molecule has 3 aromatic carbocycles. The number of benzene rings is 3. The Bertz CT molecular complexity index is 1360. The molecule has 5 rings (SSSR count). The molecule has 1 N–H and O–H groups in total. The molecule has 3 aromatic rings. The number of nitrogens with zero attached hydrogens (tertiary/aromatic N) is 3. The Morgan fingerprint density at radius 2 is 1.59 bits per heavy atom. The zero-order valence-electron chi connectivity index (χ0n) is 22.9. The van der Waals surface area contributed by atoms with Gasteiger partial charge in [-0.2, -0.15) is 0 Å². The summed E-state index contributed by atoms with van der Waals surface area (Å²) in [6.45, 7) is 7.39. The highest BCUT2D eigenvalue weighted by Crippen LogP contribution is 2.39. The number of piperidine rings is 1. The van der Waals surface area contributed by atoms with Crippen molar-refractivity contribution < 1.29 is 14.4 Å². The summed E-state index contributed by atoms with van der Waals surface area (Å²) >= 11 is 0. The molecule has 39 heavy (non-hydrogen) atoms. The Morgan fingerprint density at radius 3 is 2.23 bits per heavy atom. The monoisotopic (exact) mass is 524 g/mol. The Balaban J connectivity index is 1.32. The van der Waals surface area contributed by atoms with E-state index in [2.05, 4.69) is 17.1 Å². The first-order valence-corrected chi connectivity index (χ1v) is 13.7. The van der Waals surface area contributed by atoms with Crippen LogP contribution in [0.4, 0.5) is 11.4 Å². The van der Waals surface area contributed by atoms with Crippen molar-refractivity contribution in [2.24, 2.45) is 0 Å². The topological polar surface area (TPSA) is 73.0 Å². The minimum atomic E-state index is -0.787. The molecule has 0 unspecified atom stereocenters. The number of anilines is 2. The molecule has 0 bridgehead atoms. The predicted molar refractivity (Wildman–Crippen MR) is 154 cm³/mol. The number of amides is 3. The van der Waals surface area contributed by atoms with Crippen LogP contribution < -0.4 is 10.2 Å². The fourth-order valence-corrected chi connectivity index (χ4v) is 5.66. The van der Waals surface area contributed by atoms with Gasteiger partial charge < -0.3 is 20.0 Å². The van der Waals surface area contributed by atoms with Crippen molar-refractivity contribution in [3.63, 3.8) is 0 Å². The Hall–Kier alpha value is -4.13. The lowest BCUT2D eigenvalue weighted by Gasteiger charge is -2.43. The molecule has 3 amide bonds. The van der Waals surface area contributed by atoms with Crippen molar-refractivity contribution in [3.05, 3.63) is 95.1 Å². The third-order valence-electron chi connectivity index (χ3n) is 8.19. The molecule has 0 aromatic heterocycles. The van der Waals surface area contributed by atoms with Gasteiger partial charge >= 0.3 is 0 Å². The summed E-state index contributed by atoms with van der Waals surface area (Å²) in [7, 11) is 0. The van der Waals surface area contributed by atoms with E-state index in [0.717, 1.165) is 28.9 Å². The van der Waals surface area contributed by atoms with Crippen LogP contribution >= 0.6 is 0 Å². The van der Waals surface area contributed by atoms with E-state index in [0.29, 0.717) is 38.2 Å². The number of nitrogens with one attached hydrogen (secondary N) is 1. The second kappa shape index (κ2) is 10.9. The van der Waals surface area contributed by atoms with E-state index in [1.165, 1.54) is 5.56 Å². The summed E-state index contributed by atoms with van der Waals surface area (Å²) in [5.41, 5.74) is 5.01. The average molecular weight is 525 g/mol. The van der Waals surface area contributed by atoms with Crippen LogP contribution in [0, 0.1) is 13.8 Å². The molecule has 2 fully saturated rings. The number of rotatable bonds is 6.